The number of hydrogen-bond acceptors (Lipinski definition) is 3. The van der Waals surface area contributed by atoms with Crippen molar-refractivity contribution in [2.24, 2.45) is 0 Å². The number of ether oxygens (including phenoxy) is 2. The van der Waals surface area contributed by atoms with Crippen LogP contribution in [0.4, 0.5) is 0 Å². The summed E-state index contributed by atoms with van der Waals surface area (Å²) in [6, 6.07) is 14.3. The molecule has 0 saturated heterocycles. The van der Waals surface area contributed by atoms with E-state index in [2.05, 4.69) is 47.3 Å². The van der Waals surface area contributed by atoms with Crippen LogP contribution >= 0.6 is 0 Å². The second kappa shape index (κ2) is 8.56. The summed E-state index contributed by atoms with van der Waals surface area (Å²) in [5.74, 6) is 2.64. The number of aryl methyl sites for hydroxylation is 2. The molecule has 1 heterocycles. The van der Waals surface area contributed by atoms with Crippen molar-refractivity contribution in [3.8, 4) is 11.5 Å². The van der Waals surface area contributed by atoms with Gasteiger partial charge in [-0.2, -0.15) is 0 Å². The number of methoxy groups -OCH3 is 1. The number of allylic oxidation sites excluding steroid dienone is 1. The minimum absolute atomic E-state index is 0.669. The highest BCUT2D eigenvalue weighted by Gasteiger charge is 2.07. The highest BCUT2D eigenvalue weighted by molar-refractivity contribution is 5.75. The Morgan fingerprint density at radius 1 is 1.12 bits per heavy atom. The molecule has 3 rings (SSSR count). The van der Waals surface area contributed by atoms with Gasteiger partial charge in [-0.25, -0.2) is 4.98 Å². The van der Waals surface area contributed by atoms with Gasteiger partial charge in [0.2, 0.25) is 0 Å². The molecule has 0 atom stereocenters. The minimum atomic E-state index is 0.669. The fourth-order valence-corrected chi connectivity index (χ4v) is 3.16. The number of imidazole rings is 1. The predicted octanol–water partition coefficient (Wildman–Crippen LogP) is 4.94. The fourth-order valence-electron chi connectivity index (χ4n) is 3.16. The lowest BCUT2D eigenvalue weighted by molar-refractivity contribution is 0.283. The van der Waals surface area contributed by atoms with Crippen LogP contribution in [-0.4, -0.2) is 23.3 Å². The summed E-state index contributed by atoms with van der Waals surface area (Å²) in [6.45, 7) is 7.45. The minimum Gasteiger partial charge on any atom is -0.493 e. The molecule has 1 aromatic heterocycles. The first-order valence-corrected chi connectivity index (χ1v) is 9.05. The zero-order valence-electron chi connectivity index (χ0n) is 15.6. The second-order valence-electron chi connectivity index (χ2n) is 6.33. The van der Waals surface area contributed by atoms with Crippen molar-refractivity contribution in [3.05, 3.63) is 66.5 Å². The molecule has 0 unspecified atom stereocenters. The van der Waals surface area contributed by atoms with Gasteiger partial charge in [-0.15, -0.1) is 6.58 Å². The van der Waals surface area contributed by atoms with Gasteiger partial charge in [0.25, 0.3) is 0 Å². The third-order valence-electron chi connectivity index (χ3n) is 4.49. The van der Waals surface area contributed by atoms with E-state index in [9.17, 15) is 0 Å². The van der Waals surface area contributed by atoms with Crippen LogP contribution in [0.15, 0.2) is 55.1 Å². The van der Waals surface area contributed by atoms with E-state index in [4.69, 9.17) is 9.47 Å². The number of nitrogens with zero attached hydrogens (tertiary/aromatic N) is 2. The van der Waals surface area contributed by atoms with Crippen molar-refractivity contribution in [1.29, 1.82) is 0 Å². The van der Waals surface area contributed by atoms with E-state index < -0.39 is 0 Å². The van der Waals surface area contributed by atoms with Crippen LogP contribution in [0.5, 0.6) is 11.5 Å². The molecule has 0 spiro atoms. The lowest BCUT2D eigenvalue weighted by atomic mass is 10.1. The van der Waals surface area contributed by atoms with E-state index in [1.807, 2.05) is 24.3 Å². The third kappa shape index (κ3) is 4.07. The molecule has 3 aromatic rings. The van der Waals surface area contributed by atoms with Gasteiger partial charge in [0.1, 0.15) is 5.82 Å². The van der Waals surface area contributed by atoms with Gasteiger partial charge in [-0.1, -0.05) is 24.3 Å². The van der Waals surface area contributed by atoms with Crippen molar-refractivity contribution < 1.29 is 9.47 Å². The van der Waals surface area contributed by atoms with Crippen LogP contribution in [0.3, 0.4) is 0 Å². The maximum Gasteiger partial charge on any atom is 0.161 e. The molecular weight excluding hydrogens is 324 g/mol. The standard InChI is InChI=1S/C22H26N2O2/c1-4-9-18-12-13-21(22(16-18)25-3)26-15-8-7-14-24-17(2)23-19-10-5-6-11-20(19)24/h4-6,10-13,16H,1,7-9,14-15H2,2-3H3. The highest BCUT2D eigenvalue weighted by atomic mass is 16.5. The van der Waals surface area contributed by atoms with Gasteiger partial charge in [0.15, 0.2) is 11.5 Å². The molecule has 0 amide bonds. The first-order chi connectivity index (χ1) is 12.7. The maximum atomic E-state index is 5.92. The Balaban J connectivity index is 1.53. The normalized spacial score (nSPS) is 10.8. The molecule has 2 aromatic carbocycles. The lowest BCUT2D eigenvalue weighted by Gasteiger charge is -2.12. The number of benzene rings is 2. The summed E-state index contributed by atoms with van der Waals surface area (Å²) < 4.78 is 13.6. The van der Waals surface area contributed by atoms with Gasteiger partial charge in [0.05, 0.1) is 24.8 Å². The molecule has 26 heavy (non-hydrogen) atoms. The predicted molar refractivity (Wildman–Crippen MR) is 106 cm³/mol. The topological polar surface area (TPSA) is 36.3 Å². The van der Waals surface area contributed by atoms with Crippen LogP contribution in [-0.2, 0) is 13.0 Å². The van der Waals surface area contributed by atoms with Gasteiger partial charge in [-0.3, -0.25) is 0 Å². The van der Waals surface area contributed by atoms with Crippen LogP contribution in [0.25, 0.3) is 11.0 Å². The molecule has 0 N–H and O–H groups in total. The van der Waals surface area contributed by atoms with Crippen molar-refractivity contribution in [2.45, 2.75) is 32.7 Å². The van der Waals surface area contributed by atoms with Crippen LogP contribution in [0.2, 0.25) is 0 Å². The van der Waals surface area contributed by atoms with Crippen molar-refractivity contribution in [1.82, 2.24) is 9.55 Å². The van der Waals surface area contributed by atoms with Crippen molar-refractivity contribution in [2.75, 3.05) is 13.7 Å². The molecule has 0 saturated carbocycles. The Morgan fingerprint density at radius 2 is 1.96 bits per heavy atom. The van der Waals surface area contributed by atoms with Crippen LogP contribution in [0, 0.1) is 6.92 Å². The van der Waals surface area contributed by atoms with E-state index in [0.29, 0.717) is 6.61 Å². The Bertz CT molecular complexity index is 883. The average molecular weight is 350 g/mol. The molecule has 4 nitrogen and oxygen atoms in total. The molecule has 0 radical (unpaired) electrons. The number of fused-ring (bicyclic) bond motifs is 1. The molecule has 0 bridgehead atoms. The van der Waals surface area contributed by atoms with Gasteiger partial charge in [0, 0.05) is 6.54 Å². The van der Waals surface area contributed by atoms with E-state index in [-0.39, 0.29) is 0 Å². The second-order valence-corrected chi connectivity index (χ2v) is 6.33. The number of para-hydroxylation sites is 2. The molecule has 4 heteroatoms. The summed E-state index contributed by atoms with van der Waals surface area (Å²) in [6.07, 6.45) is 4.73. The lowest BCUT2D eigenvalue weighted by Crippen LogP contribution is -2.04. The van der Waals surface area contributed by atoms with E-state index in [0.717, 1.165) is 48.6 Å². The Labute approximate surface area is 155 Å². The highest BCUT2D eigenvalue weighted by Crippen LogP contribution is 2.28. The first kappa shape index (κ1) is 18.1. The number of hydrogen-bond donors (Lipinski definition) is 0. The fraction of sp³-hybridized carbons (Fsp3) is 0.318. The van der Waals surface area contributed by atoms with Crippen molar-refractivity contribution in [3.63, 3.8) is 0 Å². The molecule has 0 fully saturated rings. The zero-order valence-corrected chi connectivity index (χ0v) is 15.6. The monoisotopic (exact) mass is 350 g/mol. The molecule has 0 aliphatic carbocycles. The van der Waals surface area contributed by atoms with Crippen LogP contribution in [0.1, 0.15) is 24.2 Å². The Kier molecular flexibility index (Phi) is 5.95. The number of rotatable bonds is 9. The average Bonchev–Trinajstić information content (AvgIpc) is 2.98. The summed E-state index contributed by atoms with van der Waals surface area (Å²) in [4.78, 5) is 4.61. The molecule has 0 aliphatic heterocycles. The van der Waals surface area contributed by atoms with E-state index >= 15 is 0 Å². The summed E-state index contributed by atoms with van der Waals surface area (Å²) in [5.41, 5.74) is 3.43. The smallest absolute Gasteiger partial charge is 0.161 e. The quantitative estimate of drug-likeness (QED) is 0.405. The summed E-state index contributed by atoms with van der Waals surface area (Å²) in [7, 11) is 1.67. The van der Waals surface area contributed by atoms with Gasteiger partial charge >= 0.3 is 0 Å². The number of aromatic nitrogens is 2. The molecular formula is C22H26N2O2. The Hall–Kier alpha value is -2.75. The maximum absolute atomic E-state index is 5.92. The zero-order chi connectivity index (χ0) is 18.4. The Morgan fingerprint density at radius 3 is 2.77 bits per heavy atom. The molecule has 0 aliphatic rings. The van der Waals surface area contributed by atoms with Crippen molar-refractivity contribution >= 4 is 11.0 Å². The largest absolute Gasteiger partial charge is 0.493 e. The summed E-state index contributed by atoms with van der Waals surface area (Å²) in [5, 5.41) is 0. The summed E-state index contributed by atoms with van der Waals surface area (Å²) >= 11 is 0. The van der Waals surface area contributed by atoms with Gasteiger partial charge < -0.3 is 14.0 Å². The van der Waals surface area contributed by atoms with Gasteiger partial charge in [-0.05, 0) is 56.0 Å². The third-order valence-corrected chi connectivity index (χ3v) is 4.49. The molecule has 136 valence electrons. The SMILES string of the molecule is C=CCc1ccc(OCCCCn2c(C)nc3ccccc32)c(OC)c1. The van der Waals surface area contributed by atoms with E-state index in [1.165, 1.54) is 11.1 Å². The van der Waals surface area contributed by atoms with Crippen LogP contribution < -0.4 is 9.47 Å². The van der Waals surface area contributed by atoms with E-state index in [1.54, 1.807) is 7.11 Å². The first-order valence-electron chi connectivity index (χ1n) is 9.05. The number of unbranched alkanes of at least 4 members (excludes halogenated alkanes) is 1.